The number of carbonyl (C=O) groups is 1. The molecule has 0 fully saturated rings. The van der Waals surface area contributed by atoms with E-state index < -0.39 is 0 Å². The summed E-state index contributed by atoms with van der Waals surface area (Å²) in [6.45, 7) is 0. The van der Waals surface area contributed by atoms with Crippen molar-refractivity contribution < 1.29 is 9.53 Å². The van der Waals surface area contributed by atoms with E-state index >= 15 is 0 Å². The van der Waals surface area contributed by atoms with Crippen LogP contribution >= 0.6 is 11.6 Å². The number of alkyl halides is 1. The van der Waals surface area contributed by atoms with Crippen molar-refractivity contribution in [3.8, 4) is 5.75 Å². The van der Waals surface area contributed by atoms with E-state index in [1.54, 1.807) is 6.07 Å². The minimum Gasteiger partial charge on any atom is -0.494 e. The van der Waals surface area contributed by atoms with Crippen LogP contribution in [0.4, 0.5) is 0 Å². The van der Waals surface area contributed by atoms with E-state index in [1.807, 2.05) is 0 Å². The van der Waals surface area contributed by atoms with Gasteiger partial charge in [0.2, 0.25) is 0 Å². The van der Waals surface area contributed by atoms with Crippen molar-refractivity contribution in [3.05, 3.63) is 23.5 Å². The molecular formula is C8H8ClNO2. The first kappa shape index (κ1) is 9.00. The molecule has 1 rings (SSSR count). The number of methoxy groups -OCH3 is 1. The Kier molecular flexibility index (Phi) is 3.05. The Balaban J connectivity index is 3.21. The number of aromatic nitrogens is 1. The summed E-state index contributed by atoms with van der Waals surface area (Å²) in [6, 6.07) is 1.59. The summed E-state index contributed by atoms with van der Waals surface area (Å²) in [5.74, 6) is 0.702. The van der Waals surface area contributed by atoms with Gasteiger partial charge in [-0.25, -0.2) is 0 Å². The van der Waals surface area contributed by atoms with Crippen molar-refractivity contribution >= 4 is 17.9 Å². The molecule has 0 saturated heterocycles. The lowest BCUT2D eigenvalue weighted by Crippen LogP contribution is -1.97. The molecule has 0 bridgehead atoms. The van der Waals surface area contributed by atoms with Crippen LogP contribution in [0, 0.1) is 0 Å². The van der Waals surface area contributed by atoms with Gasteiger partial charge < -0.3 is 4.74 Å². The highest BCUT2D eigenvalue weighted by Crippen LogP contribution is 2.21. The fraction of sp³-hybridized carbons (Fsp3) is 0.250. The second-order valence-electron chi connectivity index (χ2n) is 2.13. The average Bonchev–Trinajstić information content (AvgIpc) is 2.16. The molecule has 1 aromatic rings. The smallest absolute Gasteiger partial charge is 0.153 e. The second kappa shape index (κ2) is 4.07. The lowest BCUT2D eigenvalue weighted by molar-refractivity contribution is 0.112. The number of pyridine rings is 1. The Morgan fingerprint density at radius 2 is 2.50 bits per heavy atom. The molecular weight excluding hydrogens is 178 g/mol. The highest BCUT2D eigenvalue weighted by atomic mass is 35.5. The van der Waals surface area contributed by atoms with Gasteiger partial charge in [-0.05, 0) is 6.07 Å². The fourth-order valence-corrected chi connectivity index (χ4v) is 1.12. The standard InChI is InChI=1S/C8H8ClNO2/c1-12-8-6(5-11)2-3-10-7(8)4-9/h2-3,5H,4H2,1H3. The molecule has 0 saturated carbocycles. The van der Waals surface area contributed by atoms with E-state index in [4.69, 9.17) is 16.3 Å². The Labute approximate surface area is 75.3 Å². The van der Waals surface area contributed by atoms with Crippen LogP contribution in [0.3, 0.4) is 0 Å². The zero-order valence-electron chi connectivity index (χ0n) is 6.58. The molecule has 0 aliphatic heterocycles. The van der Waals surface area contributed by atoms with Crippen LogP contribution in [-0.4, -0.2) is 18.4 Å². The maximum atomic E-state index is 10.5. The van der Waals surface area contributed by atoms with Gasteiger partial charge in [0.1, 0.15) is 0 Å². The molecule has 0 N–H and O–H groups in total. The molecule has 0 unspecified atom stereocenters. The Hall–Kier alpha value is -1.09. The normalized spacial score (nSPS) is 9.50. The van der Waals surface area contributed by atoms with Crippen LogP contribution in [0.1, 0.15) is 16.1 Å². The molecule has 0 aliphatic carbocycles. The second-order valence-corrected chi connectivity index (χ2v) is 2.40. The largest absolute Gasteiger partial charge is 0.494 e. The quantitative estimate of drug-likeness (QED) is 0.531. The number of aldehydes is 1. The van der Waals surface area contributed by atoms with Crippen molar-refractivity contribution in [2.24, 2.45) is 0 Å². The fourth-order valence-electron chi connectivity index (χ4n) is 0.932. The maximum absolute atomic E-state index is 10.5. The summed E-state index contributed by atoms with van der Waals surface area (Å²) < 4.78 is 4.98. The molecule has 0 radical (unpaired) electrons. The van der Waals surface area contributed by atoms with Crippen LogP contribution in [0.25, 0.3) is 0 Å². The number of carbonyl (C=O) groups excluding carboxylic acids is 1. The Morgan fingerprint density at radius 1 is 1.75 bits per heavy atom. The molecule has 4 heteroatoms. The number of rotatable bonds is 3. The lowest BCUT2D eigenvalue weighted by Gasteiger charge is -2.05. The number of ether oxygens (including phenoxy) is 1. The molecule has 0 atom stereocenters. The van der Waals surface area contributed by atoms with E-state index in [-0.39, 0.29) is 5.88 Å². The Bertz CT molecular complexity index is 288. The zero-order chi connectivity index (χ0) is 8.97. The van der Waals surface area contributed by atoms with E-state index in [9.17, 15) is 4.79 Å². The van der Waals surface area contributed by atoms with Gasteiger partial charge in [0.25, 0.3) is 0 Å². The molecule has 12 heavy (non-hydrogen) atoms. The van der Waals surface area contributed by atoms with E-state index in [0.29, 0.717) is 17.0 Å². The monoisotopic (exact) mass is 185 g/mol. The first-order chi connectivity index (χ1) is 5.83. The third kappa shape index (κ3) is 1.56. The van der Waals surface area contributed by atoms with E-state index in [1.165, 1.54) is 13.3 Å². The average molecular weight is 186 g/mol. The van der Waals surface area contributed by atoms with Gasteiger partial charge in [0, 0.05) is 6.20 Å². The van der Waals surface area contributed by atoms with Gasteiger partial charge in [-0.1, -0.05) is 0 Å². The molecule has 64 valence electrons. The van der Waals surface area contributed by atoms with Crippen LogP contribution in [0.5, 0.6) is 5.75 Å². The topological polar surface area (TPSA) is 39.2 Å². The number of hydrogen-bond donors (Lipinski definition) is 0. The van der Waals surface area contributed by atoms with Crippen molar-refractivity contribution in [3.63, 3.8) is 0 Å². The van der Waals surface area contributed by atoms with E-state index in [0.717, 1.165) is 6.29 Å². The lowest BCUT2D eigenvalue weighted by atomic mass is 10.2. The molecule has 0 spiro atoms. The molecule has 0 aliphatic rings. The van der Waals surface area contributed by atoms with E-state index in [2.05, 4.69) is 4.98 Å². The molecule has 1 aromatic heterocycles. The van der Waals surface area contributed by atoms with Crippen LogP contribution in [0.2, 0.25) is 0 Å². The van der Waals surface area contributed by atoms with Crippen molar-refractivity contribution in [2.45, 2.75) is 5.88 Å². The first-order valence-corrected chi connectivity index (χ1v) is 3.90. The minimum atomic E-state index is 0.241. The summed E-state index contributed by atoms with van der Waals surface area (Å²) in [4.78, 5) is 14.5. The maximum Gasteiger partial charge on any atom is 0.153 e. The minimum absolute atomic E-state index is 0.241. The predicted octanol–water partition coefficient (Wildman–Crippen LogP) is 1.64. The van der Waals surface area contributed by atoms with Crippen molar-refractivity contribution in [1.82, 2.24) is 4.98 Å². The van der Waals surface area contributed by atoms with Crippen LogP contribution < -0.4 is 4.74 Å². The molecule has 1 heterocycles. The summed E-state index contributed by atoms with van der Waals surface area (Å²) in [5, 5.41) is 0. The summed E-state index contributed by atoms with van der Waals surface area (Å²) in [6.07, 6.45) is 2.25. The van der Waals surface area contributed by atoms with Crippen molar-refractivity contribution in [1.29, 1.82) is 0 Å². The molecule has 3 nitrogen and oxygen atoms in total. The van der Waals surface area contributed by atoms with Gasteiger partial charge in [-0.15, -0.1) is 11.6 Å². The molecule has 0 aromatic carbocycles. The van der Waals surface area contributed by atoms with Gasteiger partial charge >= 0.3 is 0 Å². The number of nitrogens with zero attached hydrogens (tertiary/aromatic N) is 1. The van der Waals surface area contributed by atoms with Crippen LogP contribution in [-0.2, 0) is 5.88 Å². The van der Waals surface area contributed by atoms with Crippen molar-refractivity contribution in [2.75, 3.05) is 7.11 Å². The highest BCUT2D eigenvalue weighted by molar-refractivity contribution is 6.17. The highest BCUT2D eigenvalue weighted by Gasteiger charge is 2.07. The van der Waals surface area contributed by atoms with Gasteiger partial charge in [0.05, 0.1) is 24.2 Å². The number of halogens is 1. The molecule has 0 amide bonds. The Morgan fingerprint density at radius 3 is 3.00 bits per heavy atom. The number of hydrogen-bond acceptors (Lipinski definition) is 3. The first-order valence-electron chi connectivity index (χ1n) is 3.36. The zero-order valence-corrected chi connectivity index (χ0v) is 7.34. The third-order valence-electron chi connectivity index (χ3n) is 1.47. The summed E-state index contributed by atoms with van der Waals surface area (Å²) in [7, 11) is 1.49. The summed E-state index contributed by atoms with van der Waals surface area (Å²) in [5.41, 5.74) is 1.06. The van der Waals surface area contributed by atoms with Gasteiger partial charge in [-0.3, -0.25) is 9.78 Å². The van der Waals surface area contributed by atoms with Gasteiger partial charge in [0.15, 0.2) is 12.0 Å². The third-order valence-corrected chi connectivity index (χ3v) is 1.72. The SMILES string of the molecule is COc1c(C=O)ccnc1CCl. The van der Waals surface area contributed by atoms with Crippen LogP contribution in [0.15, 0.2) is 12.3 Å². The predicted molar refractivity (Wildman–Crippen MR) is 45.7 cm³/mol. The summed E-state index contributed by atoms with van der Waals surface area (Å²) >= 11 is 5.58. The van der Waals surface area contributed by atoms with Gasteiger partial charge in [-0.2, -0.15) is 0 Å².